The van der Waals surface area contributed by atoms with Crippen molar-refractivity contribution in [3.05, 3.63) is 108 Å². The molecule has 39 heavy (non-hydrogen) atoms. The first-order valence-electron chi connectivity index (χ1n) is 11.8. The summed E-state index contributed by atoms with van der Waals surface area (Å²) in [5, 5.41) is 7.56. The largest absolute Gasteiger partial charge is 0.455 e. The molecule has 0 aliphatic rings. The summed E-state index contributed by atoms with van der Waals surface area (Å²) in [5.74, 6) is 0.171. The summed E-state index contributed by atoms with van der Waals surface area (Å²) < 4.78 is 63.2. The molecule has 198 valence electrons. The van der Waals surface area contributed by atoms with Gasteiger partial charge in [-0.1, -0.05) is 60.7 Å². The molecule has 0 saturated carbocycles. The predicted molar refractivity (Wildman–Crippen MR) is 157 cm³/mol. The number of anilines is 2. The molecule has 9 nitrogen and oxygen atoms in total. The maximum Gasteiger partial charge on any atom is 0.252 e. The Morgan fingerprint density at radius 2 is 0.949 bits per heavy atom. The summed E-state index contributed by atoms with van der Waals surface area (Å²) in [7, 11) is -7.56. The quantitative estimate of drug-likeness (QED) is 0.215. The third-order valence-electron chi connectivity index (χ3n) is 5.62. The molecule has 11 heteroatoms. The number of amidine groups is 2. The Labute approximate surface area is 226 Å². The molecular weight excluding hydrogens is 536 g/mol. The van der Waals surface area contributed by atoms with Gasteiger partial charge in [-0.05, 0) is 36.4 Å². The molecule has 0 saturated heterocycles. The normalized spacial score (nSPS) is 13.1. The Balaban J connectivity index is 1.73. The van der Waals surface area contributed by atoms with Crippen LogP contribution in [0.15, 0.2) is 110 Å². The Hall–Kier alpha value is -4.48. The number of benzene rings is 4. The number of rotatable bonds is 6. The number of para-hydroxylation sites is 4. The molecule has 0 fully saturated rings. The first kappa shape index (κ1) is 26.1. The zero-order chi connectivity index (χ0) is 27.6. The fraction of sp³-hybridized carbons (Fsp3) is 0.0714. The number of fused-ring (bicyclic) bond motifs is 3. The highest BCUT2D eigenvalue weighted by Crippen LogP contribution is 2.34. The van der Waals surface area contributed by atoms with E-state index in [2.05, 4.69) is 19.4 Å². The van der Waals surface area contributed by atoms with Gasteiger partial charge in [-0.25, -0.2) is 16.8 Å². The molecular formula is C28H24N4O5S2. The number of sulfonamides is 2. The highest BCUT2D eigenvalue weighted by atomic mass is 32.2. The number of hydrogen-bond acceptors (Lipinski definition) is 5. The molecule has 1 heterocycles. The van der Waals surface area contributed by atoms with Crippen molar-refractivity contribution in [1.82, 2.24) is 0 Å². The number of hydrogen-bond donors (Lipinski definition) is 2. The summed E-state index contributed by atoms with van der Waals surface area (Å²) in [6.07, 6.45) is 2.03. The lowest BCUT2D eigenvalue weighted by atomic mass is 10.1. The maximum atomic E-state index is 12.2. The van der Waals surface area contributed by atoms with Gasteiger partial charge in [0.2, 0.25) is 0 Å². The van der Waals surface area contributed by atoms with E-state index in [1.165, 1.54) is 0 Å². The fourth-order valence-electron chi connectivity index (χ4n) is 4.12. The van der Waals surface area contributed by atoms with Crippen LogP contribution in [0.3, 0.4) is 0 Å². The number of nitrogens with one attached hydrogen (secondary N) is 2. The van der Waals surface area contributed by atoms with Crippen molar-refractivity contribution in [1.29, 1.82) is 0 Å². The first-order valence-corrected chi connectivity index (χ1v) is 15.5. The molecule has 0 aliphatic heterocycles. The van der Waals surface area contributed by atoms with Crippen molar-refractivity contribution < 1.29 is 21.3 Å². The summed E-state index contributed by atoms with van der Waals surface area (Å²) in [6, 6.07) is 28.8. The molecule has 1 aromatic heterocycles. The van der Waals surface area contributed by atoms with Crippen LogP contribution in [0.5, 0.6) is 0 Å². The number of nitrogens with zero attached hydrogens (tertiary/aromatic N) is 2. The van der Waals surface area contributed by atoms with Crippen LogP contribution in [0.1, 0.15) is 11.1 Å². The second-order valence-corrected chi connectivity index (χ2v) is 12.1. The zero-order valence-corrected chi connectivity index (χ0v) is 22.6. The van der Waals surface area contributed by atoms with Gasteiger partial charge in [-0.2, -0.15) is 0 Å². The fourth-order valence-corrected chi connectivity index (χ4v) is 5.07. The van der Waals surface area contributed by atoms with E-state index in [-0.39, 0.29) is 11.7 Å². The van der Waals surface area contributed by atoms with Crippen LogP contribution >= 0.6 is 0 Å². The Morgan fingerprint density at radius 1 is 0.564 bits per heavy atom. The average molecular weight is 561 g/mol. The summed E-state index contributed by atoms with van der Waals surface area (Å²) in [4.78, 5) is 0. The predicted octanol–water partition coefficient (Wildman–Crippen LogP) is 5.22. The lowest BCUT2D eigenvalue weighted by molar-refractivity contribution is 0.602. The van der Waals surface area contributed by atoms with Gasteiger partial charge in [0, 0.05) is 22.1 Å². The van der Waals surface area contributed by atoms with Crippen LogP contribution in [0, 0.1) is 0 Å². The minimum Gasteiger partial charge on any atom is -0.455 e. The second-order valence-electron chi connectivity index (χ2n) is 8.79. The van der Waals surface area contributed by atoms with E-state index in [4.69, 9.17) is 4.42 Å². The van der Waals surface area contributed by atoms with Crippen molar-refractivity contribution in [2.75, 3.05) is 23.1 Å². The van der Waals surface area contributed by atoms with Gasteiger partial charge in [0.05, 0.1) is 23.6 Å². The van der Waals surface area contributed by atoms with Crippen LogP contribution in [0.2, 0.25) is 0 Å². The van der Waals surface area contributed by atoms with Gasteiger partial charge in [0.1, 0.15) is 11.2 Å². The van der Waals surface area contributed by atoms with Crippen molar-refractivity contribution in [3.63, 3.8) is 0 Å². The van der Waals surface area contributed by atoms with Crippen LogP contribution in [-0.2, 0) is 20.0 Å². The summed E-state index contributed by atoms with van der Waals surface area (Å²) in [6.45, 7) is 0. The lowest BCUT2D eigenvalue weighted by Gasteiger charge is -2.10. The van der Waals surface area contributed by atoms with E-state index in [0.717, 1.165) is 12.5 Å². The molecule has 5 rings (SSSR count). The molecule has 0 unspecified atom stereocenters. The molecule has 0 spiro atoms. The van der Waals surface area contributed by atoms with E-state index in [1.807, 2.05) is 48.5 Å². The van der Waals surface area contributed by atoms with E-state index in [0.29, 0.717) is 44.4 Å². The minimum atomic E-state index is -3.78. The summed E-state index contributed by atoms with van der Waals surface area (Å²) in [5.41, 5.74) is 2.88. The molecule has 5 aromatic rings. The van der Waals surface area contributed by atoms with E-state index >= 15 is 0 Å². The third-order valence-corrected chi connectivity index (χ3v) is 6.65. The Kier molecular flexibility index (Phi) is 6.94. The van der Waals surface area contributed by atoms with Gasteiger partial charge in [0.25, 0.3) is 20.0 Å². The van der Waals surface area contributed by atoms with Crippen molar-refractivity contribution in [2.45, 2.75) is 0 Å². The Morgan fingerprint density at radius 3 is 1.31 bits per heavy atom. The molecule has 0 aliphatic carbocycles. The monoisotopic (exact) mass is 560 g/mol. The van der Waals surface area contributed by atoms with Crippen molar-refractivity contribution >= 4 is 65.0 Å². The van der Waals surface area contributed by atoms with Crippen LogP contribution in [0.25, 0.3) is 21.9 Å². The van der Waals surface area contributed by atoms with Crippen LogP contribution in [0.4, 0.5) is 11.4 Å². The third kappa shape index (κ3) is 6.16. The molecule has 0 amide bonds. The molecule has 4 aromatic carbocycles. The standard InChI is InChI=1S/C28H24N4O5S2/c1-38(33,34)31-27(29-19-11-5-3-6-12-19)23-17-9-15-21-22-16-10-18-24(26(22)37-25(21)23)28(32-39(2,35)36)30-20-13-7-4-8-14-20/h3-18H,1-2H3,(H,29,31)(H,30,32). The van der Waals surface area contributed by atoms with Crippen LogP contribution < -0.4 is 10.6 Å². The SMILES string of the molecule is CS(=O)(=O)/N=C(/Nc1ccccc1)c1cccc2c1oc1c(/C(=N\S(C)(=O)=O)Nc3ccccc3)cccc12. The molecule has 0 atom stereocenters. The smallest absolute Gasteiger partial charge is 0.252 e. The number of furan rings is 1. The lowest BCUT2D eigenvalue weighted by Crippen LogP contribution is -2.16. The van der Waals surface area contributed by atoms with Gasteiger partial charge in [-0.3, -0.25) is 0 Å². The highest BCUT2D eigenvalue weighted by Gasteiger charge is 2.21. The topological polar surface area (TPSA) is 130 Å². The molecule has 2 N–H and O–H groups in total. The van der Waals surface area contributed by atoms with Gasteiger partial charge >= 0.3 is 0 Å². The van der Waals surface area contributed by atoms with Gasteiger partial charge in [0.15, 0.2) is 11.7 Å². The Bertz CT molecular complexity index is 1810. The highest BCUT2D eigenvalue weighted by molar-refractivity contribution is 7.89. The average Bonchev–Trinajstić information content (AvgIpc) is 3.27. The zero-order valence-electron chi connectivity index (χ0n) is 21.0. The van der Waals surface area contributed by atoms with Crippen molar-refractivity contribution in [3.8, 4) is 0 Å². The molecule has 0 radical (unpaired) electrons. The summed E-state index contributed by atoms with van der Waals surface area (Å²) >= 11 is 0. The van der Waals surface area contributed by atoms with E-state index in [1.54, 1.807) is 48.5 Å². The first-order chi connectivity index (χ1) is 18.6. The van der Waals surface area contributed by atoms with Crippen LogP contribution in [-0.4, -0.2) is 41.0 Å². The van der Waals surface area contributed by atoms with E-state index in [9.17, 15) is 16.8 Å². The second kappa shape index (κ2) is 10.4. The van der Waals surface area contributed by atoms with Gasteiger partial charge < -0.3 is 15.1 Å². The van der Waals surface area contributed by atoms with Gasteiger partial charge in [-0.15, -0.1) is 8.80 Å². The maximum absolute atomic E-state index is 12.2. The minimum absolute atomic E-state index is 0.0855. The molecule has 0 bridgehead atoms. The van der Waals surface area contributed by atoms with E-state index < -0.39 is 20.0 Å². The van der Waals surface area contributed by atoms with Crippen molar-refractivity contribution in [2.24, 2.45) is 8.80 Å².